The van der Waals surface area contributed by atoms with Gasteiger partial charge in [0.2, 0.25) is 0 Å². The van der Waals surface area contributed by atoms with Crippen LogP contribution in [0.25, 0.3) is 0 Å². The highest BCUT2D eigenvalue weighted by atomic mass is 16.3. The second-order valence-corrected chi connectivity index (χ2v) is 2.58. The lowest BCUT2D eigenvalue weighted by Crippen LogP contribution is -1.79. The van der Waals surface area contributed by atoms with Gasteiger partial charge >= 0.3 is 0 Å². The number of hydrogen-bond acceptors (Lipinski definition) is 2. The molecule has 0 aliphatic carbocycles. The van der Waals surface area contributed by atoms with Gasteiger partial charge in [0.15, 0.2) is 0 Å². The van der Waals surface area contributed by atoms with Gasteiger partial charge in [-0.15, -0.1) is 0 Å². The Labute approximate surface area is 68.7 Å². The lowest BCUT2D eigenvalue weighted by Gasteiger charge is -1.92. The molecule has 0 aliphatic heterocycles. The Hall–Kier alpha value is -0.660. The highest BCUT2D eigenvalue weighted by Crippen LogP contribution is 2.00. The molecule has 64 valence electrons. The van der Waals surface area contributed by atoms with E-state index in [1.165, 1.54) is 6.42 Å². The minimum absolute atomic E-state index is 0.484. The lowest BCUT2D eigenvalue weighted by atomic mass is 10.2. The molecule has 0 rings (SSSR count). The van der Waals surface area contributed by atoms with Crippen molar-refractivity contribution in [1.82, 2.24) is 0 Å². The van der Waals surface area contributed by atoms with Gasteiger partial charge in [-0.3, -0.25) is 0 Å². The SMILES string of the molecule is CC/C=C\CCCCCN=O. The summed E-state index contributed by atoms with van der Waals surface area (Å²) in [6.07, 6.45) is 9.91. The summed E-state index contributed by atoms with van der Waals surface area (Å²) in [5.41, 5.74) is 0. The fourth-order valence-electron chi connectivity index (χ4n) is 0.900. The topological polar surface area (TPSA) is 29.4 Å². The molecule has 0 saturated heterocycles. The van der Waals surface area contributed by atoms with Crippen LogP contribution in [0.1, 0.15) is 39.0 Å². The summed E-state index contributed by atoms with van der Waals surface area (Å²) in [7, 11) is 0. The summed E-state index contributed by atoms with van der Waals surface area (Å²) >= 11 is 0. The summed E-state index contributed by atoms with van der Waals surface area (Å²) in [5.74, 6) is 0. The average molecular weight is 155 g/mol. The van der Waals surface area contributed by atoms with Crippen molar-refractivity contribution in [2.24, 2.45) is 5.18 Å². The largest absolute Gasteiger partial charge is 0.151 e. The number of rotatable bonds is 7. The van der Waals surface area contributed by atoms with Crippen LogP contribution in [0.5, 0.6) is 0 Å². The third-order valence-corrected chi connectivity index (χ3v) is 1.52. The fraction of sp³-hybridized carbons (Fsp3) is 0.778. The quantitative estimate of drug-likeness (QED) is 0.315. The van der Waals surface area contributed by atoms with Crippen LogP contribution in [-0.2, 0) is 0 Å². The number of nitroso groups, excluding NO2 is 1. The zero-order chi connectivity index (χ0) is 8.36. The molecule has 0 saturated carbocycles. The Balaban J connectivity index is 2.90. The molecule has 0 amide bonds. The molecular formula is C9H17NO. The van der Waals surface area contributed by atoms with Gasteiger partial charge in [0.05, 0.1) is 6.54 Å². The van der Waals surface area contributed by atoms with E-state index in [2.05, 4.69) is 24.3 Å². The van der Waals surface area contributed by atoms with E-state index in [0.29, 0.717) is 6.54 Å². The molecule has 0 aromatic rings. The number of hydrogen-bond donors (Lipinski definition) is 0. The van der Waals surface area contributed by atoms with Gasteiger partial charge in [-0.1, -0.05) is 30.7 Å². The van der Waals surface area contributed by atoms with Gasteiger partial charge in [-0.25, -0.2) is 0 Å². The van der Waals surface area contributed by atoms with Gasteiger partial charge < -0.3 is 0 Å². The van der Waals surface area contributed by atoms with Crippen molar-refractivity contribution >= 4 is 0 Å². The van der Waals surface area contributed by atoms with Crippen molar-refractivity contribution in [3.63, 3.8) is 0 Å². The van der Waals surface area contributed by atoms with Crippen molar-refractivity contribution in [2.75, 3.05) is 6.54 Å². The third-order valence-electron chi connectivity index (χ3n) is 1.52. The molecular weight excluding hydrogens is 138 g/mol. The first-order valence-corrected chi connectivity index (χ1v) is 4.36. The second-order valence-electron chi connectivity index (χ2n) is 2.58. The van der Waals surface area contributed by atoms with Crippen molar-refractivity contribution in [3.8, 4) is 0 Å². The van der Waals surface area contributed by atoms with E-state index in [1.54, 1.807) is 0 Å². The van der Waals surface area contributed by atoms with Gasteiger partial charge in [0.1, 0.15) is 0 Å². The van der Waals surface area contributed by atoms with Crippen molar-refractivity contribution in [1.29, 1.82) is 0 Å². The van der Waals surface area contributed by atoms with Crippen LogP contribution in [0, 0.1) is 4.91 Å². The summed E-state index contributed by atoms with van der Waals surface area (Å²) in [5, 5.41) is 2.80. The first kappa shape index (κ1) is 10.3. The highest BCUT2D eigenvalue weighted by molar-refractivity contribution is 4.79. The predicted molar refractivity (Wildman–Crippen MR) is 48.6 cm³/mol. The fourth-order valence-corrected chi connectivity index (χ4v) is 0.900. The van der Waals surface area contributed by atoms with Crippen LogP contribution in [0.4, 0.5) is 0 Å². The molecule has 2 nitrogen and oxygen atoms in total. The molecule has 0 spiro atoms. The molecule has 0 radical (unpaired) electrons. The van der Waals surface area contributed by atoms with E-state index in [1.807, 2.05) is 0 Å². The summed E-state index contributed by atoms with van der Waals surface area (Å²) in [6, 6.07) is 0. The van der Waals surface area contributed by atoms with E-state index in [9.17, 15) is 4.91 Å². The normalized spacial score (nSPS) is 10.6. The highest BCUT2D eigenvalue weighted by Gasteiger charge is 1.85. The van der Waals surface area contributed by atoms with E-state index in [0.717, 1.165) is 25.7 Å². The molecule has 0 aromatic heterocycles. The number of allylic oxidation sites excluding steroid dienone is 2. The predicted octanol–water partition coefficient (Wildman–Crippen LogP) is 3.28. The molecule has 0 aliphatic rings. The second kappa shape index (κ2) is 9.34. The van der Waals surface area contributed by atoms with E-state index < -0.39 is 0 Å². The van der Waals surface area contributed by atoms with E-state index >= 15 is 0 Å². The van der Waals surface area contributed by atoms with Gasteiger partial charge in [-0.05, 0) is 25.7 Å². The van der Waals surface area contributed by atoms with Crippen LogP contribution >= 0.6 is 0 Å². The molecule has 11 heavy (non-hydrogen) atoms. The van der Waals surface area contributed by atoms with Gasteiger partial charge in [-0.2, -0.15) is 4.91 Å². The van der Waals surface area contributed by atoms with Crippen LogP contribution in [0.2, 0.25) is 0 Å². The maximum atomic E-state index is 9.68. The molecule has 0 bridgehead atoms. The zero-order valence-corrected chi connectivity index (χ0v) is 7.25. The Morgan fingerprint density at radius 3 is 2.64 bits per heavy atom. The summed E-state index contributed by atoms with van der Waals surface area (Å²) < 4.78 is 0. The standard InChI is InChI=1S/C9H17NO/c1-2-3-4-5-6-7-8-9-10-11/h3-4H,2,5-9H2,1H3/b4-3-. The first-order chi connectivity index (χ1) is 5.41. The Bertz CT molecular complexity index is 110. The van der Waals surface area contributed by atoms with E-state index in [-0.39, 0.29) is 0 Å². The molecule has 0 N–H and O–H groups in total. The van der Waals surface area contributed by atoms with Crippen molar-refractivity contribution in [3.05, 3.63) is 17.1 Å². The maximum absolute atomic E-state index is 9.68. The number of unbranched alkanes of at least 4 members (excludes halogenated alkanes) is 3. The maximum Gasteiger partial charge on any atom is 0.0811 e. The van der Waals surface area contributed by atoms with Crippen LogP contribution < -0.4 is 0 Å². The molecule has 2 heteroatoms. The Morgan fingerprint density at radius 2 is 2.00 bits per heavy atom. The zero-order valence-electron chi connectivity index (χ0n) is 7.25. The monoisotopic (exact) mass is 155 g/mol. The summed E-state index contributed by atoms with van der Waals surface area (Å²) in [6.45, 7) is 2.62. The van der Waals surface area contributed by atoms with Crippen LogP contribution in [-0.4, -0.2) is 6.54 Å². The summed E-state index contributed by atoms with van der Waals surface area (Å²) in [4.78, 5) is 9.68. The lowest BCUT2D eigenvalue weighted by molar-refractivity contribution is 0.694. The van der Waals surface area contributed by atoms with Gasteiger partial charge in [0.25, 0.3) is 0 Å². The molecule has 0 fully saturated rings. The minimum atomic E-state index is 0.484. The molecule has 0 atom stereocenters. The molecule has 0 unspecified atom stereocenters. The minimum Gasteiger partial charge on any atom is -0.151 e. The molecule has 0 heterocycles. The van der Waals surface area contributed by atoms with Gasteiger partial charge in [0, 0.05) is 0 Å². The average Bonchev–Trinajstić information content (AvgIpc) is 2.03. The van der Waals surface area contributed by atoms with Crippen LogP contribution in [0.15, 0.2) is 17.3 Å². The van der Waals surface area contributed by atoms with Crippen molar-refractivity contribution in [2.45, 2.75) is 39.0 Å². The molecule has 0 aromatic carbocycles. The Kier molecular flexibility index (Phi) is 8.78. The van der Waals surface area contributed by atoms with Crippen LogP contribution in [0.3, 0.4) is 0 Å². The Morgan fingerprint density at radius 1 is 1.18 bits per heavy atom. The van der Waals surface area contributed by atoms with Crippen molar-refractivity contribution < 1.29 is 0 Å². The third kappa shape index (κ3) is 9.34. The smallest absolute Gasteiger partial charge is 0.0811 e. The number of nitrogens with zero attached hydrogens (tertiary/aromatic N) is 1. The van der Waals surface area contributed by atoms with E-state index in [4.69, 9.17) is 0 Å². The first-order valence-electron chi connectivity index (χ1n) is 4.36.